The number of amides is 2. The largest absolute Gasteiger partial charge is 0.385 e. The van der Waals surface area contributed by atoms with Crippen molar-refractivity contribution in [2.45, 2.75) is 83.2 Å². The third-order valence-electron chi connectivity index (χ3n) is 4.14. The Morgan fingerprint density at radius 3 is 2.42 bits per heavy atom. The average Bonchev–Trinajstić information content (AvgIpc) is 3.16. The van der Waals surface area contributed by atoms with E-state index >= 15 is 0 Å². The van der Waals surface area contributed by atoms with E-state index in [1.54, 1.807) is 0 Å². The first-order valence-corrected chi connectivity index (χ1v) is 7.90. The molecule has 2 N–H and O–H groups in total. The number of urea groups is 1. The molecule has 19 heavy (non-hydrogen) atoms. The van der Waals surface area contributed by atoms with E-state index in [4.69, 9.17) is 5.73 Å². The number of aliphatic imine (C=N–C) groups is 1. The van der Waals surface area contributed by atoms with Crippen molar-refractivity contribution in [3.05, 3.63) is 0 Å². The Labute approximate surface area is 116 Å². The van der Waals surface area contributed by atoms with Gasteiger partial charge in [-0.15, -0.1) is 0 Å². The first-order valence-electron chi connectivity index (χ1n) is 7.90. The van der Waals surface area contributed by atoms with Crippen molar-refractivity contribution in [2.75, 3.05) is 0 Å². The van der Waals surface area contributed by atoms with Gasteiger partial charge in [-0.3, -0.25) is 0 Å². The highest BCUT2D eigenvalue weighted by Gasteiger charge is 2.42. The van der Waals surface area contributed by atoms with E-state index < -0.39 is 0 Å². The monoisotopic (exact) mass is 265 g/mol. The zero-order valence-corrected chi connectivity index (χ0v) is 12.1. The van der Waals surface area contributed by atoms with Gasteiger partial charge in [0.05, 0.1) is 6.04 Å². The number of amidine groups is 1. The summed E-state index contributed by atoms with van der Waals surface area (Å²) in [5, 5.41) is 0. The maximum absolute atomic E-state index is 11.7. The predicted molar refractivity (Wildman–Crippen MR) is 78.3 cm³/mol. The van der Waals surface area contributed by atoms with Crippen LogP contribution in [0, 0.1) is 0 Å². The fourth-order valence-electron chi connectivity index (χ4n) is 2.86. The highest BCUT2D eigenvalue weighted by molar-refractivity contribution is 6.03. The van der Waals surface area contributed by atoms with Crippen LogP contribution in [0.5, 0.6) is 0 Å². The molecule has 0 spiro atoms. The minimum absolute atomic E-state index is 0.0932. The van der Waals surface area contributed by atoms with Crippen LogP contribution in [0.3, 0.4) is 0 Å². The van der Waals surface area contributed by atoms with E-state index in [2.05, 4.69) is 11.9 Å². The molecule has 1 fully saturated rings. The summed E-state index contributed by atoms with van der Waals surface area (Å²) >= 11 is 0. The summed E-state index contributed by atoms with van der Waals surface area (Å²) in [4.78, 5) is 17.6. The van der Waals surface area contributed by atoms with E-state index in [0.29, 0.717) is 11.9 Å². The fourth-order valence-corrected chi connectivity index (χ4v) is 2.86. The Morgan fingerprint density at radius 1 is 1.16 bits per heavy atom. The molecule has 108 valence electrons. The molecule has 0 aromatic heterocycles. The second kappa shape index (κ2) is 6.92. The van der Waals surface area contributed by atoms with Crippen molar-refractivity contribution in [3.8, 4) is 0 Å². The molecule has 0 saturated heterocycles. The van der Waals surface area contributed by atoms with Crippen LogP contribution in [0.15, 0.2) is 4.99 Å². The van der Waals surface area contributed by atoms with Crippen molar-refractivity contribution >= 4 is 11.9 Å². The SMILES string of the molecule is CCCCCCCCCC1C(N)=NC(=O)N1C1CC1. The summed E-state index contributed by atoms with van der Waals surface area (Å²) in [7, 11) is 0. The molecule has 1 aliphatic carbocycles. The van der Waals surface area contributed by atoms with Gasteiger partial charge in [-0.2, -0.15) is 4.99 Å². The van der Waals surface area contributed by atoms with Gasteiger partial charge < -0.3 is 10.6 Å². The molecule has 1 aliphatic heterocycles. The highest BCUT2D eigenvalue weighted by atomic mass is 16.2. The Balaban J connectivity index is 1.64. The lowest BCUT2D eigenvalue weighted by Crippen LogP contribution is -2.41. The molecule has 0 bridgehead atoms. The van der Waals surface area contributed by atoms with Crippen molar-refractivity contribution in [1.82, 2.24) is 4.90 Å². The summed E-state index contributed by atoms with van der Waals surface area (Å²) in [6.45, 7) is 2.24. The lowest BCUT2D eigenvalue weighted by molar-refractivity contribution is 0.200. The number of hydrogen-bond acceptors (Lipinski definition) is 2. The van der Waals surface area contributed by atoms with Gasteiger partial charge in [0.1, 0.15) is 5.84 Å². The number of carbonyl (C=O) groups is 1. The first kappa shape index (κ1) is 14.4. The number of nitrogens with zero attached hydrogens (tertiary/aromatic N) is 2. The minimum atomic E-state index is -0.104. The van der Waals surface area contributed by atoms with E-state index in [1.807, 2.05) is 4.90 Å². The van der Waals surface area contributed by atoms with Crippen LogP contribution in [0.1, 0.15) is 71.1 Å². The third-order valence-corrected chi connectivity index (χ3v) is 4.14. The lowest BCUT2D eigenvalue weighted by atomic mass is 10.0. The van der Waals surface area contributed by atoms with E-state index in [-0.39, 0.29) is 12.1 Å². The summed E-state index contributed by atoms with van der Waals surface area (Å²) < 4.78 is 0. The van der Waals surface area contributed by atoms with Crippen LogP contribution in [-0.2, 0) is 0 Å². The predicted octanol–water partition coefficient (Wildman–Crippen LogP) is 3.45. The summed E-state index contributed by atoms with van der Waals surface area (Å²) in [6, 6.07) is 0.412. The van der Waals surface area contributed by atoms with Gasteiger partial charge in [0, 0.05) is 6.04 Å². The van der Waals surface area contributed by atoms with Gasteiger partial charge in [-0.1, -0.05) is 51.9 Å². The van der Waals surface area contributed by atoms with Crippen molar-refractivity contribution in [1.29, 1.82) is 0 Å². The van der Waals surface area contributed by atoms with Gasteiger partial charge in [-0.25, -0.2) is 4.79 Å². The maximum atomic E-state index is 11.7. The maximum Gasteiger partial charge on any atom is 0.346 e. The van der Waals surface area contributed by atoms with Gasteiger partial charge >= 0.3 is 6.03 Å². The number of unbranched alkanes of at least 4 members (excludes halogenated alkanes) is 6. The Kier molecular flexibility index (Phi) is 5.23. The molecule has 1 heterocycles. The van der Waals surface area contributed by atoms with Crippen LogP contribution in [0.25, 0.3) is 0 Å². The molecule has 2 amide bonds. The molecule has 1 unspecified atom stereocenters. The molecule has 2 aliphatic rings. The minimum Gasteiger partial charge on any atom is -0.385 e. The lowest BCUT2D eigenvalue weighted by Gasteiger charge is -2.23. The van der Waals surface area contributed by atoms with Crippen LogP contribution in [0.2, 0.25) is 0 Å². The second-order valence-electron chi connectivity index (χ2n) is 5.88. The Morgan fingerprint density at radius 2 is 1.79 bits per heavy atom. The molecule has 1 saturated carbocycles. The Hall–Kier alpha value is -1.06. The van der Waals surface area contributed by atoms with Crippen molar-refractivity contribution in [2.24, 2.45) is 10.7 Å². The number of rotatable bonds is 9. The van der Waals surface area contributed by atoms with Gasteiger partial charge in [0.15, 0.2) is 0 Å². The third kappa shape index (κ3) is 3.95. The quantitative estimate of drug-likeness (QED) is 0.649. The highest BCUT2D eigenvalue weighted by Crippen LogP contribution is 2.33. The zero-order valence-electron chi connectivity index (χ0n) is 12.1. The standard InChI is InChI=1S/C15H27N3O/c1-2-3-4-5-6-7-8-9-13-14(16)17-15(19)18(13)12-10-11-12/h12-13H,2-11H2,1H3,(H2,16,17,19). The zero-order chi connectivity index (χ0) is 13.7. The molecule has 4 nitrogen and oxygen atoms in total. The topological polar surface area (TPSA) is 58.7 Å². The van der Waals surface area contributed by atoms with E-state index in [9.17, 15) is 4.79 Å². The van der Waals surface area contributed by atoms with E-state index in [0.717, 1.165) is 25.7 Å². The molecular weight excluding hydrogens is 238 g/mol. The van der Waals surface area contributed by atoms with Crippen molar-refractivity contribution in [3.63, 3.8) is 0 Å². The molecule has 0 aromatic rings. The normalized spacial score (nSPS) is 23.0. The smallest absolute Gasteiger partial charge is 0.346 e. The Bertz CT molecular complexity index is 336. The fraction of sp³-hybridized carbons (Fsp3) is 0.867. The molecule has 2 rings (SSSR count). The molecule has 0 aromatic carbocycles. The van der Waals surface area contributed by atoms with E-state index in [1.165, 1.54) is 38.5 Å². The summed E-state index contributed by atoms with van der Waals surface area (Å²) in [5.41, 5.74) is 5.89. The van der Waals surface area contributed by atoms with Crippen LogP contribution < -0.4 is 5.73 Å². The number of nitrogens with two attached hydrogens (primary N) is 1. The number of carbonyl (C=O) groups excluding carboxylic acids is 1. The molecule has 4 heteroatoms. The number of hydrogen-bond donors (Lipinski definition) is 1. The summed E-state index contributed by atoms with van der Waals surface area (Å²) in [5.74, 6) is 0.544. The molecular formula is C15H27N3O. The van der Waals surface area contributed by atoms with Gasteiger partial charge in [0.2, 0.25) is 0 Å². The molecule has 0 radical (unpaired) electrons. The second-order valence-corrected chi connectivity index (χ2v) is 5.88. The summed E-state index contributed by atoms with van der Waals surface area (Å²) in [6.07, 6.45) is 12.3. The average molecular weight is 265 g/mol. The van der Waals surface area contributed by atoms with Crippen molar-refractivity contribution < 1.29 is 4.79 Å². The van der Waals surface area contributed by atoms with Gasteiger partial charge in [0.25, 0.3) is 0 Å². The van der Waals surface area contributed by atoms with Gasteiger partial charge in [-0.05, 0) is 19.3 Å². The molecule has 1 atom stereocenters. The van der Waals surface area contributed by atoms with Crippen LogP contribution in [-0.4, -0.2) is 28.9 Å². The first-order chi connectivity index (χ1) is 9.24. The van der Waals surface area contributed by atoms with Crippen LogP contribution >= 0.6 is 0 Å². The van der Waals surface area contributed by atoms with Crippen LogP contribution in [0.4, 0.5) is 4.79 Å².